The van der Waals surface area contributed by atoms with Crippen LogP contribution in [0.15, 0.2) is 36.8 Å². The lowest BCUT2D eigenvalue weighted by atomic mass is 9.62. The average Bonchev–Trinajstić information content (AvgIpc) is 2.17. The monoisotopic (exact) mass is 157 g/mol. The van der Waals surface area contributed by atoms with Gasteiger partial charge in [0.2, 0.25) is 0 Å². The van der Waals surface area contributed by atoms with Gasteiger partial charge in [0.1, 0.15) is 0 Å². The fourth-order valence-corrected chi connectivity index (χ4v) is 0.928. The summed E-state index contributed by atoms with van der Waals surface area (Å²) in [6, 6.07) is 8.83. The fraction of sp³-hybridized carbons (Fsp3) is 0. The van der Waals surface area contributed by atoms with E-state index in [1.807, 2.05) is 6.07 Å². The Labute approximate surface area is 71.9 Å². The highest BCUT2D eigenvalue weighted by Crippen LogP contribution is 1.94. The Kier molecular flexibility index (Phi) is 2.68. The lowest BCUT2D eigenvalue weighted by Crippen LogP contribution is -2.27. The van der Waals surface area contributed by atoms with Crippen molar-refractivity contribution in [3.8, 4) is 6.07 Å². The molecule has 0 radical (unpaired) electrons. The van der Waals surface area contributed by atoms with Crippen LogP contribution in [0.5, 0.6) is 0 Å². The predicted molar refractivity (Wildman–Crippen MR) is 49.0 cm³/mol. The van der Waals surface area contributed by atoms with Gasteiger partial charge in [-0.1, -0.05) is 18.1 Å². The second-order valence-electron chi connectivity index (χ2n) is 2.42. The molecule has 0 aliphatic rings. The minimum absolute atomic E-state index is 0.549. The molecular formula is C9H8BNO. The van der Waals surface area contributed by atoms with Gasteiger partial charge in [-0.15, -0.1) is 6.58 Å². The molecular weight excluding hydrogens is 149 g/mol. The van der Waals surface area contributed by atoms with E-state index in [2.05, 4.69) is 6.58 Å². The van der Waals surface area contributed by atoms with Gasteiger partial charge in [0.15, 0.2) is 0 Å². The number of nitrogens with zero attached hydrogens (tertiary/aromatic N) is 1. The molecule has 1 rings (SSSR count). The molecule has 2 nitrogen and oxygen atoms in total. The van der Waals surface area contributed by atoms with E-state index in [0.717, 1.165) is 0 Å². The van der Waals surface area contributed by atoms with Crippen molar-refractivity contribution in [3.05, 3.63) is 42.4 Å². The zero-order valence-electron chi connectivity index (χ0n) is 6.57. The summed E-state index contributed by atoms with van der Waals surface area (Å²) < 4.78 is 0. The first-order valence-electron chi connectivity index (χ1n) is 3.58. The van der Waals surface area contributed by atoms with Crippen molar-refractivity contribution in [1.29, 1.82) is 5.26 Å². The van der Waals surface area contributed by atoms with E-state index in [-0.39, 0.29) is 0 Å². The Bertz CT molecular complexity index is 330. The quantitative estimate of drug-likeness (QED) is 0.634. The molecule has 0 aromatic heterocycles. The zero-order chi connectivity index (χ0) is 8.97. The van der Waals surface area contributed by atoms with E-state index in [1.54, 1.807) is 24.3 Å². The molecule has 0 unspecified atom stereocenters. The first-order valence-corrected chi connectivity index (χ1v) is 3.58. The van der Waals surface area contributed by atoms with Crippen LogP contribution in [0.4, 0.5) is 0 Å². The van der Waals surface area contributed by atoms with Crippen LogP contribution in [-0.2, 0) is 0 Å². The third kappa shape index (κ3) is 1.74. The van der Waals surface area contributed by atoms with Gasteiger partial charge in [0, 0.05) is 0 Å². The molecule has 0 atom stereocenters. The first kappa shape index (κ1) is 8.57. The molecule has 0 heterocycles. The summed E-state index contributed by atoms with van der Waals surface area (Å²) in [5, 5.41) is 17.9. The minimum atomic E-state index is -0.682. The Morgan fingerprint density at radius 1 is 1.58 bits per heavy atom. The number of rotatable bonds is 2. The van der Waals surface area contributed by atoms with Crippen molar-refractivity contribution in [2.45, 2.75) is 0 Å². The van der Waals surface area contributed by atoms with Crippen molar-refractivity contribution in [2.75, 3.05) is 0 Å². The highest BCUT2D eigenvalue weighted by Gasteiger charge is 2.08. The molecule has 0 amide bonds. The van der Waals surface area contributed by atoms with Crippen LogP contribution in [0, 0.1) is 11.3 Å². The van der Waals surface area contributed by atoms with Crippen molar-refractivity contribution in [1.82, 2.24) is 0 Å². The minimum Gasteiger partial charge on any atom is -0.443 e. The van der Waals surface area contributed by atoms with Crippen molar-refractivity contribution in [3.63, 3.8) is 0 Å². The highest BCUT2D eigenvalue weighted by molar-refractivity contribution is 6.70. The molecule has 1 aromatic carbocycles. The third-order valence-electron chi connectivity index (χ3n) is 1.58. The number of benzene rings is 1. The van der Waals surface area contributed by atoms with Gasteiger partial charge >= 0.3 is 6.92 Å². The lowest BCUT2D eigenvalue weighted by molar-refractivity contribution is 0.599. The van der Waals surface area contributed by atoms with Gasteiger partial charge < -0.3 is 5.02 Å². The standard InChI is InChI=1S/C9H8BNO/c1-2-10(12)9-5-3-4-8(6-9)7-11/h2-6,12H,1H2. The third-order valence-corrected chi connectivity index (χ3v) is 1.58. The second kappa shape index (κ2) is 3.75. The summed E-state index contributed by atoms with van der Waals surface area (Å²) in [6.07, 6.45) is 0. The van der Waals surface area contributed by atoms with Crippen LogP contribution < -0.4 is 5.46 Å². The van der Waals surface area contributed by atoms with Gasteiger partial charge in [0.25, 0.3) is 0 Å². The molecule has 0 aliphatic heterocycles. The van der Waals surface area contributed by atoms with E-state index >= 15 is 0 Å². The van der Waals surface area contributed by atoms with Gasteiger partial charge in [-0.3, -0.25) is 0 Å². The Morgan fingerprint density at radius 3 is 2.92 bits per heavy atom. The average molecular weight is 157 g/mol. The van der Waals surface area contributed by atoms with Crippen LogP contribution in [-0.4, -0.2) is 11.9 Å². The maximum Gasteiger partial charge on any atom is 0.350 e. The summed E-state index contributed by atoms with van der Waals surface area (Å²) in [5.74, 6) is 1.43. The van der Waals surface area contributed by atoms with Gasteiger partial charge in [-0.25, -0.2) is 0 Å². The molecule has 3 heteroatoms. The summed E-state index contributed by atoms with van der Waals surface area (Å²) in [5.41, 5.74) is 1.25. The van der Waals surface area contributed by atoms with E-state index in [4.69, 9.17) is 5.26 Å². The van der Waals surface area contributed by atoms with Crippen LogP contribution in [0.2, 0.25) is 0 Å². The van der Waals surface area contributed by atoms with Crippen molar-refractivity contribution in [2.24, 2.45) is 0 Å². The molecule has 12 heavy (non-hydrogen) atoms. The molecule has 0 fully saturated rings. The van der Waals surface area contributed by atoms with Crippen LogP contribution in [0.25, 0.3) is 0 Å². The van der Waals surface area contributed by atoms with Gasteiger partial charge in [0.05, 0.1) is 11.6 Å². The van der Waals surface area contributed by atoms with Crippen molar-refractivity contribution >= 4 is 12.4 Å². The maximum absolute atomic E-state index is 9.32. The highest BCUT2D eigenvalue weighted by atomic mass is 16.2. The topological polar surface area (TPSA) is 44.0 Å². The SMILES string of the molecule is C=CB(O)c1cccc(C#N)c1. The lowest BCUT2D eigenvalue weighted by Gasteiger charge is -1.99. The predicted octanol–water partition coefficient (Wildman–Crippen LogP) is 0.474. The molecule has 1 aromatic rings. The fourth-order valence-electron chi connectivity index (χ4n) is 0.928. The largest absolute Gasteiger partial charge is 0.443 e. The second-order valence-corrected chi connectivity index (χ2v) is 2.42. The number of hydrogen-bond acceptors (Lipinski definition) is 2. The zero-order valence-corrected chi connectivity index (χ0v) is 6.57. The van der Waals surface area contributed by atoms with Crippen LogP contribution in [0.1, 0.15) is 5.56 Å². The summed E-state index contributed by atoms with van der Waals surface area (Å²) in [6.45, 7) is 2.78. The summed E-state index contributed by atoms with van der Waals surface area (Å²) in [7, 11) is 0. The Hall–Kier alpha value is -1.53. The van der Waals surface area contributed by atoms with Crippen LogP contribution in [0.3, 0.4) is 0 Å². The molecule has 0 saturated heterocycles. The molecule has 0 saturated carbocycles. The molecule has 58 valence electrons. The number of hydrogen-bond donors (Lipinski definition) is 1. The Morgan fingerprint density at radius 2 is 2.33 bits per heavy atom. The van der Waals surface area contributed by atoms with Gasteiger partial charge in [-0.05, 0) is 17.6 Å². The summed E-state index contributed by atoms with van der Waals surface area (Å²) >= 11 is 0. The van der Waals surface area contributed by atoms with E-state index in [9.17, 15) is 5.02 Å². The molecule has 1 N–H and O–H groups in total. The molecule has 0 aliphatic carbocycles. The van der Waals surface area contributed by atoms with E-state index < -0.39 is 6.92 Å². The first-order chi connectivity index (χ1) is 5.77. The summed E-state index contributed by atoms with van der Waals surface area (Å²) in [4.78, 5) is 0. The van der Waals surface area contributed by atoms with E-state index in [0.29, 0.717) is 11.0 Å². The number of nitriles is 1. The Balaban J connectivity index is 3.03. The van der Waals surface area contributed by atoms with Crippen LogP contribution >= 0.6 is 0 Å². The molecule has 0 spiro atoms. The maximum atomic E-state index is 9.32. The smallest absolute Gasteiger partial charge is 0.350 e. The van der Waals surface area contributed by atoms with Crippen molar-refractivity contribution < 1.29 is 5.02 Å². The van der Waals surface area contributed by atoms with E-state index in [1.165, 1.54) is 5.98 Å². The normalized spacial score (nSPS) is 8.67. The van der Waals surface area contributed by atoms with Gasteiger partial charge in [-0.2, -0.15) is 5.26 Å². The molecule has 0 bridgehead atoms.